The molecule has 2 N–H and O–H groups in total. The fraction of sp³-hybridized carbons (Fsp3) is 0.818. The fourth-order valence-corrected chi connectivity index (χ4v) is 5.67. The van der Waals surface area contributed by atoms with E-state index < -0.39 is 23.2 Å². The molecule has 6 atom stereocenters. The molecular formula is C22H36O4. The quantitative estimate of drug-likeness (QED) is 0.750. The van der Waals surface area contributed by atoms with E-state index in [1.165, 1.54) is 16.7 Å². The molecule has 1 fully saturated rings. The highest BCUT2D eigenvalue weighted by molar-refractivity contribution is 5.42. The summed E-state index contributed by atoms with van der Waals surface area (Å²) in [6.07, 6.45) is 4.70. The van der Waals surface area contributed by atoms with Crippen molar-refractivity contribution in [2.24, 2.45) is 23.2 Å². The summed E-state index contributed by atoms with van der Waals surface area (Å²) in [5.74, 6) is 0.819. The van der Waals surface area contributed by atoms with Crippen molar-refractivity contribution < 1.29 is 19.7 Å². The minimum atomic E-state index is -0.445. The lowest BCUT2D eigenvalue weighted by molar-refractivity contribution is -0.0360. The van der Waals surface area contributed by atoms with Crippen LogP contribution < -0.4 is 0 Å². The molecule has 0 aromatic heterocycles. The van der Waals surface area contributed by atoms with Gasteiger partial charge < -0.3 is 19.7 Å². The third kappa shape index (κ3) is 2.90. The minimum Gasteiger partial charge on any atom is -0.392 e. The van der Waals surface area contributed by atoms with Crippen molar-refractivity contribution in [3.8, 4) is 0 Å². The van der Waals surface area contributed by atoms with Crippen molar-refractivity contribution in [1.29, 1.82) is 0 Å². The molecule has 3 rings (SSSR count). The number of ether oxygens (including phenoxy) is 2. The van der Waals surface area contributed by atoms with Gasteiger partial charge in [0, 0.05) is 19.6 Å². The first-order chi connectivity index (χ1) is 12.2. The van der Waals surface area contributed by atoms with Gasteiger partial charge in [0.25, 0.3) is 0 Å². The number of rotatable bonds is 4. The maximum absolute atomic E-state index is 11.0. The SMILES string of the molecule is COC[C@@]1(OC)CC[C@@H]2/C1=C\[C@]1(C)C(=C(C(C)C)C[C@@H]1O)C[C@H](O)[C@@H]2C. The number of hydrogen-bond acceptors (Lipinski definition) is 4. The predicted octanol–water partition coefficient (Wildman–Crippen LogP) is 3.48. The molecule has 0 aromatic carbocycles. The molecule has 0 amide bonds. The lowest BCUT2D eigenvalue weighted by Crippen LogP contribution is -2.41. The first kappa shape index (κ1) is 20.1. The van der Waals surface area contributed by atoms with E-state index in [9.17, 15) is 10.2 Å². The highest BCUT2D eigenvalue weighted by atomic mass is 16.5. The van der Waals surface area contributed by atoms with Gasteiger partial charge in [0.15, 0.2) is 0 Å². The van der Waals surface area contributed by atoms with Crippen molar-refractivity contribution >= 4 is 0 Å². The van der Waals surface area contributed by atoms with Crippen LogP contribution in [0.4, 0.5) is 0 Å². The van der Waals surface area contributed by atoms with Crippen molar-refractivity contribution in [1.82, 2.24) is 0 Å². The van der Waals surface area contributed by atoms with E-state index in [0.717, 1.165) is 12.8 Å². The summed E-state index contributed by atoms with van der Waals surface area (Å²) in [6, 6.07) is 0. The molecule has 3 aliphatic carbocycles. The van der Waals surface area contributed by atoms with Crippen LogP contribution in [0.25, 0.3) is 0 Å². The molecule has 4 heteroatoms. The van der Waals surface area contributed by atoms with Crippen LogP contribution in [0, 0.1) is 23.2 Å². The number of methoxy groups -OCH3 is 2. The molecule has 148 valence electrons. The van der Waals surface area contributed by atoms with Gasteiger partial charge in [0.2, 0.25) is 0 Å². The Morgan fingerprint density at radius 2 is 1.92 bits per heavy atom. The van der Waals surface area contributed by atoms with E-state index >= 15 is 0 Å². The Labute approximate surface area is 158 Å². The lowest BCUT2D eigenvalue weighted by atomic mass is 9.68. The van der Waals surface area contributed by atoms with E-state index in [4.69, 9.17) is 9.47 Å². The molecule has 0 heterocycles. The van der Waals surface area contributed by atoms with Gasteiger partial charge in [-0.15, -0.1) is 0 Å². The van der Waals surface area contributed by atoms with Gasteiger partial charge in [-0.3, -0.25) is 0 Å². The standard InChI is InChI=1S/C22H36O4/c1-13(2)16-9-20(24)21(4)11-18-15(14(3)19(23)10-17(16)21)7-8-22(18,26-6)12-25-5/h11,13-15,19-20,23-24H,7-10,12H2,1-6H3/b18-11+/t14-,15+,19+,20+,21-,22+/m1/s1. The molecule has 4 nitrogen and oxygen atoms in total. The highest BCUT2D eigenvalue weighted by Crippen LogP contribution is 2.56. The van der Waals surface area contributed by atoms with E-state index in [2.05, 4.69) is 33.8 Å². The molecule has 1 saturated carbocycles. The summed E-state index contributed by atoms with van der Waals surface area (Å²) in [7, 11) is 3.47. The fourth-order valence-electron chi connectivity index (χ4n) is 5.67. The van der Waals surface area contributed by atoms with E-state index in [0.29, 0.717) is 25.4 Å². The molecule has 0 aliphatic heterocycles. The van der Waals surface area contributed by atoms with Crippen molar-refractivity contribution in [2.75, 3.05) is 20.8 Å². The molecule has 0 bridgehead atoms. The average Bonchev–Trinajstić information content (AvgIpc) is 3.05. The van der Waals surface area contributed by atoms with Crippen molar-refractivity contribution in [2.45, 2.75) is 71.2 Å². The summed E-state index contributed by atoms with van der Waals surface area (Å²) >= 11 is 0. The topological polar surface area (TPSA) is 58.9 Å². The number of aliphatic hydroxyl groups excluding tert-OH is 2. The van der Waals surface area contributed by atoms with E-state index in [1.54, 1.807) is 14.2 Å². The summed E-state index contributed by atoms with van der Waals surface area (Å²) < 4.78 is 11.5. The summed E-state index contributed by atoms with van der Waals surface area (Å²) in [5.41, 5.74) is 2.89. The molecule has 3 aliphatic rings. The van der Waals surface area contributed by atoms with Crippen molar-refractivity contribution in [3.63, 3.8) is 0 Å². The summed E-state index contributed by atoms with van der Waals surface area (Å²) in [4.78, 5) is 0. The van der Waals surface area contributed by atoms with Crippen LogP contribution in [-0.4, -0.2) is 48.8 Å². The maximum Gasteiger partial charge on any atom is 0.112 e. The summed E-state index contributed by atoms with van der Waals surface area (Å²) in [6.45, 7) is 9.18. The van der Waals surface area contributed by atoms with Crippen molar-refractivity contribution in [3.05, 3.63) is 22.8 Å². The minimum absolute atomic E-state index is 0.165. The smallest absolute Gasteiger partial charge is 0.112 e. The zero-order valence-electron chi connectivity index (χ0n) is 17.2. The Balaban J connectivity index is 2.19. The molecule has 0 radical (unpaired) electrons. The molecule has 0 saturated heterocycles. The Bertz CT molecular complexity index is 607. The largest absolute Gasteiger partial charge is 0.392 e. The van der Waals surface area contributed by atoms with Gasteiger partial charge >= 0.3 is 0 Å². The normalized spacial score (nSPS) is 45.2. The third-order valence-electron chi connectivity index (χ3n) is 7.50. The van der Waals surface area contributed by atoms with Crippen LogP contribution in [0.3, 0.4) is 0 Å². The molecule has 0 spiro atoms. The number of fused-ring (bicyclic) bond motifs is 2. The second-order valence-corrected chi connectivity index (χ2v) is 9.17. The van der Waals surface area contributed by atoms with Crippen LogP contribution in [0.15, 0.2) is 22.8 Å². The van der Waals surface area contributed by atoms with Crippen LogP contribution >= 0.6 is 0 Å². The van der Waals surface area contributed by atoms with E-state index in [-0.39, 0.29) is 11.8 Å². The molecule has 0 aromatic rings. The van der Waals surface area contributed by atoms with Crippen LogP contribution in [0.2, 0.25) is 0 Å². The Hall–Kier alpha value is -0.680. The van der Waals surface area contributed by atoms with Gasteiger partial charge in [-0.2, -0.15) is 0 Å². The van der Waals surface area contributed by atoms with Gasteiger partial charge in [-0.25, -0.2) is 0 Å². The monoisotopic (exact) mass is 364 g/mol. The first-order valence-electron chi connectivity index (χ1n) is 10.1. The Kier molecular flexibility index (Phi) is 5.44. The zero-order valence-corrected chi connectivity index (χ0v) is 17.2. The number of aliphatic hydroxyl groups is 2. The van der Waals surface area contributed by atoms with Crippen LogP contribution in [-0.2, 0) is 9.47 Å². The van der Waals surface area contributed by atoms with E-state index in [1.807, 2.05) is 0 Å². The van der Waals surface area contributed by atoms with Crippen LogP contribution in [0.1, 0.15) is 53.4 Å². The van der Waals surface area contributed by atoms with Gasteiger partial charge in [-0.1, -0.05) is 38.0 Å². The highest BCUT2D eigenvalue weighted by Gasteiger charge is 2.53. The second kappa shape index (κ2) is 7.05. The third-order valence-corrected chi connectivity index (χ3v) is 7.50. The average molecular weight is 365 g/mol. The Morgan fingerprint density at radius 3 is 2.50 bits per heavy atom. The lowest BCUT2D eigenvalue weighted by Gasteiger charge is -2.40. The first-order valence-corrected chi connectivity index (χ1v) is 10.1. The number of hydrogen-bond donors (Lipinski definition) is 2. The van der Waals surface area contributed by atoms with Gasteiger partial charge in [-0.05, 0) is 55.9 Å². The molecular weight excluding hydrogens is 328 g/mol. The summed E-state index contributed by atoms with van der Waals surface area (Å²) in [5, 5.41) is 22.1. The maximum atomic E-state index is 11.0. The molecule has 0 unspecified atom stereocenters. The molecule has 26 heavy (non-hydrogen) atoms. The van der Waals surface area contributed by atoms with Crippen LogP contribution in [0.5, 0.6) is 0 Å². The Morgan fingerprint density at radius 1 is 1.23 bits per heavy atom. The van der Waals surface area contributed by atoms with Gasteiger partial charge in [0.1, 0.15) is 5.60 Å². The predicted molar refractivity (Wildman–Crippen MR) is 103 cm³/mol. The second-order valence-electron chi connectivity index (χ2n) is 9.17. The van der Waals surface area contributed by atoms with Gasteiger partial charge in [0.05, 0.1) is 18.8 Å². The zero-order chi connectivity index (χ0) is 19.3.